The van der Waals surface area contributed by atoms with Crippen LogP contribution in [0.5, 0.6) is 11.5 Å². The number of ketones is 1. The van der Waals surface area contributed by atoms with Gasteiger partial charge in [0.1, 0.15) is 11.5 Å². The van der Waals surface area contributed by atoms with E-state index in [1.807, 2.05) is 0 Å². The molecule has 0 aromatic heterocycles. The summed E-state index contributed by atoms with van der Waals surface area (Å²) >= 11 is 11.8. The molecule has 0 fully saturated rings. The minimum atomic E-state index is -0.615. The first-order valence-corrected chi connectivity index (χ1v) is 6.56. The van der Waals surface area contributed by atoms with Crippen molar-refractivity contribution in [3.8, 4) is 11.5 Å². The number of carbonyl (C=O) groups is 1. The first-order valence-electron chi connectivity index (χ1n) is 5.81. The molecule has 7 heteroatoms. The normalized spacial score (nSPS) is 10.2. The number of nitro groups is 1. The summed E-state index contributed by atoms with van der Waals surface area (Å²) in [7, 11) is 0. The van der Waals surface area contributed by atoms with E-state index in [1.165, 1.54) is 31.2 Å². The fraction of sp³-hybridized carbons (Fsp3) is 0.0714. The quantitative estimate of drug-likeness (QED) is 0.455. The predicted octanol–water partition coefficient (Wildman–Crippen LogP) is 4.90. The number of ether oxygens (including phenoxy) is 1. The molecule has 0 radical (unpaired) electrons. The highest BCUT2D eigenvalue weighted by atomic mass is 35.5. The molecule has 0 amide bonds. The van der Waals surface area contributed by atoms with Gasteiger partial charge in [-0.25, -0.2) is 0 Å². The maximum atomic E-state index is 11.5. The Morgan fingerprint density at radius 2 is 1.90 bits per heavy atom. The molecule has 5 nitrogen and oxygen atoms in total. The second-order valence-corrected chi connectivity index (χ2v) is 5.01. The summed E-state index contributed by atoms with van der Waals surface area (Å²) in [5, 5.41) is 11.6. The third kappa shape index (κ3) is 3.51. The number of hydrogen-bond acceptors (Lipinski definition) is 4. The molecule has 0 aliphatic carbocycles. The van der Waals surface area contributed by atoms with Crippen LogP contribution < -0.4 is 4.74 Å². The van der Waals surface area contributed by atoms with Crippen molar-refractivity contribution in [2.75, 3.05) is 0 Å². The van der Waals surface area contributed by atoms with Crippen LogP contribution in [0, 0.1) is 10.1 Å². The lowest BCUT2D eigenvalue weighted by molar-refractivity contribution is -0.385. The molecule has 0 atom stereocenters. The van der Waals surface area contributed by atoms with E-state index in [-0.39, 0.29) is 17.0 Å². The summed E-state index contributed by atoms with van der Waals surface area (Å²) in [6, 6.07) is 8.60. The van der Waals surface area contributed by atoms with Crippen molar-refractivity contribution in [3.63, 3.8) is 0 Å². The Labute approximate surface area is 130 Å². The van der Waals surface area contributed by atoms with Crippen LogP contribution >= 0.6 is 23.2 Å². The highest BCUT2D eigenvalue weighted by Gasteiger charge is 2.18. The van der Waals surface area contributed by atoms with E-state index in [4.69, 9.17) is 27.9 Å². The maximum absolute atomic E-state index is 11.5. The molecule has 2 aromatic rings. The first kappa shape index (κ1) is 15.3. The van der Waals surface area contributed by atoms with Gasteiger partial charge < -0.3 is 4.74 Å². The molecule has 0 aliphatic heterocycles. The van der Waals surface area contributed by atoms with Gasteiger partial charge in [-0.05, 0) is 37.3 Å². The molecule has 21 heavy (non-hydrogen) atoms. The van der Waals surface area contributed by atoms with Gasteiger partial charge in [-0.3, -0.25) is 14.9 Å². The van der Waals surface area contributed by atoms with Gasteiger partial charge in [0, 0.05) is 11.1 Å². The zero-order valence-electron chi connectivity index (χ0n) is 10.8. The van der Waals surface area contributed by atoms with E-state index in [1.54, 1.807) is 12.1 Å². The molecule has 0 aliphatic rings. The zero-order valence-corrected chi connectivity index (χ0v) is 12.3. The highest BCUT2D eigenvalue weighted by Crippen LogP contribution is 2.33. The van der Waals surface area contributed by atoms with Crippen molar-refractivity contribution in [1.29, 1.82) is 0 Å². The number of carbonyl (C=O) groups excluding carboxylic acids is 1. The van der Waals surface area contributed by atoms with Crippen molar-refractivity contribution in [3.05, 3.63) is 62.1 Å². The number of Topliss-reactive ketones (excluding diaryl/α,β-unsaturated/α-hetero) is 1. The van der Waals surface area contributed by atoms with Crippen LogP contribution in [0.1, 0.15) is 17.3 Å². The summed E-state index contributed by atoms with van der Waals surface area (Å²) in [4.78, 5) is 21.7. The summed E-state index contributed by atoms with van der Waals surface area (Å²) in [5.74, 6) is 0.189. The van der Waals surface area contributed by atoms with Crippen LogP contribution in [0.2, 0.25) is 10.0 Å². The Balaban J connectivity index is 2.39. The number of benzene rings is 2. The third-order valence-electron chi connectivity index (χ3n) is 2.67. The molecular weight excluding hydrogens is 317 g/mol. The van der Waals surface area contributed by atoms with E-state index in [2.05, 4.69) is 0 Å². The fourth-order valence-electron chi connectivity index (χ4n) is 1.70. The molecular formula is C14H9Cl2NO4. The number of hydrogen-bond donors (Lipinski definition) is 0. The maximum Gasteiger partial charge on any atom is 0.280 e. The van der Waals surface area contributed by atoms with Crippen LogP contribution in [0.15, 0.2) is 36.4 Å². The van der Waals surface area contributed by atoms with Gasteiger partial charge in [-0.1, -0.05) is 23.2 Å². The molecule has 2 rings (SSSR count). The van der Waals surface area contributed by atoms with Crippen LogP contribution in [0.3, 0.4) is 0 Å². The summed E-state index contributed by atoms with van der Waals surface area (Å²) in [6.07, 6.45) is 0. The van der Waals surface area contributed by atoms with E-state index < -0.39 is 10.7 Å². The molecule has 0 spiro atoms. The molecule has 0 N–H and O–H groups in total. The minimum Gasteiger partial charge on any atom is -0.456 e. The number of halogens is 2. The van der Waals surface area contributed by atoms with Crippen molar-refractivity contribution in [2.45, 2.75) is 6.92 Å². The van der Waals surface area contributed by atoms with Gasteiger partial charge in [0.05, 0.1) is 15.5 Å². The van der Waals surface area contributed by atoms with E-state index in [0.29, 0.717) is 15.8 Å². The first-order chi connectivity index (χ1) is 9.88. The molecule has 0 heterocycles. The second-order valence-electron chi connectivity index (χ2n) is 4.17. The van der Waals surface area contributed by atoms with Gasteiger partial charge in [-0.15, -0.1) is 0 Å². The molecule has 0 unspecified atom stereocenters. The van der Waals surface area contributed by atoms with Crippen molar-refractivity contribution in [2.24, 2.45) is 0 Å². The molecule has 0 bridgehead atoms. The SMILES string of the molecule is CC(=O)c1cc(Oc2ccc(Cl)cc2Cl)ccc1[N+](=O)[O-]. The van der Waals surface area contributed by atoms with Gasteiger partial charge in [0.2, 0.25) is 0 Å². The number of rotatable bonds is 4. The fourth-order valence-corrected chi connectivity index (χ4v) is 2.15. The van der Waals surface area contributed by atoms with Crippen LogP contribution in [0.4, 0.5) is 5.69 Å². The number of nitrogens with zero attached hydrogens (tertiary/aromatic N) is 1. The Kier molecular flexibility index (Phi) is 4.45. The smallest absolute Gasteiger partial charge is 0.280 e. The van der Waals surface area contributed by atoms with Crippen molar-refractivity contribution < 1.29 is 14.5 Å². The lowest BCUT2D eigenvalue weighted by atomic mass is 10.1. The van der Waals surface area contributed by atoms with Gasteiger partial charge >= 0.3 is 0 Å². The largest absolute Gasteiger partial charge is 0.456 e. The Morgan fingerprint density at radius 1 is 1.19 bits per heavy atom. The Morgan fingerprint density at radius 3 is 2.48 bits per heavy atom. The van der Waals surface area contributed by atoms with Gasteiger partial charge in [0.15, 0.2) is 5.78 Å². The average molecular weight is 326 g/mol. The van der Waals surface area contributed by atoms with Gasteiger partial charge in [-0.2, -0.15) is 0 Å². The molecule has 0 saturated heterocycles. The van der Waals surface area contributed by atoms with Crippen LogP contribution in [-0.2, 0) is 0 Å². The predicted molar refractivity (Wildman–Crippen MR) is 79.6 cm³/mol. The van der Waals surface area contributed by atoms with E-state index in [0.717, 1.165) is 0 Å². The van der Waals surface area contributed by atoms with Crippen LogP contribution in [0.25, 0.3) is 0 Å². The molecule has 2 aromatic carbocycles. The third-order valence-corrected chi connectivity index (χ3v) is 3.20. The van der Waals surface area contributed by atoms with E-state index >= 15 is 0 Å². The molecule has 0 saturated carbocycles. The highest BCUT2D eigenvalue weighted by molar-refractivity contribution is 6.35. The monoisotopic (exact) mass is 325 g/mol. The lowest BCUT2D eigenvalue weighted by Crippen LogP contribution is -2.00. The lowest BCUT2D eigenvalue weighted by Gasteiger charge is -2.09. The minimum absolute atomic E-state index is 0.0254. The Hall–Kier alpha value is -2.11. The average Bonchev–Trinajstić information content (AvgIpc) is 2.41. The molecule has 108 valence electrons. The van der Waals surface area contributed by atoms with Crippen molar-refractivity contribution >= 4 is 34.7 Å². The Bertz CT molecular complexity index is 731. The van der Waals surface area contributed by atoms with Gasteiger partial charge in [0.25, 0.3) is 5.69 Å². The zero-order chi connectivity index (χ0) is 15.6. The summed E-state index contributed by atoms with van der Waals surface area (Å²) in [5.41, 5.74) is -0.292. The van der Waals surface area contributed by atoms with Crippen LogP contribution in [-0.4, -0.2) is 10.7 Å². The standard InChI is InChI=1S/C14H9Cl2NO4/c1-8(18)11-7-10(3-4-13(11)17(19)20)21-14-5-2-9(15)6-12(14)16/h2-7H,1H3. The number of nitro benzene ring substituents is 1. The summed E-state index contributed by atoms with van der Waals surface area (Å²) < 4.78 is 5.52. The second kappa shape index (κ2) is 6.11. The van der Waals surface area contributed by atoms with E-state index in [9.17, 15) is 14.9 Å². The topological polar surface area (TPSA) is 69.4 Å². The van der Waals surface area contributed by atoms with Crippen molar-refractivity contribution in [1.82, 2.24) is 0 Å². The summed E-state index contributed by atoms with van der Waals surface area (Å²) in [6.45, 7) is 1.25.